The maximum absolute atomic E-state index is 12.4. The molecule has 2 N–H and O–H groups in total. The van der Waals surface area contributed by atoms with Crippen LogP contribution in [0.5, 0.6) is 0 Å². The van der Waals surface area contributed by atoms with Gasteiger partial charge in [0.15, 0.2) is 0 Å². The summed E-state index contributed by atoms with van der Waals surface area (Å²) >= 11 is 0. The zero-order valence-corrected chi connectivity index (χ0v) is 10.3. The van der Waals surface area contributed by atoms with Crippen LogP contribution in [0.25, 0.3) is 11.0 Å². The minimum absolute atomic E-state index is 0.0977. The van der Waals surface area contributed by atoms with Crippen molar-refractivity contribution in [3.05, 3.63) is 30.1 Å². The summed E-state index contributed by atoms with van der Waals surface area (Å²) in [7, 11) is 0. The Labute approximate surface area is 105 Å². The Morgan fingerprint density at radius 3 is 3.00 bits per heavy atom. The molecule has 1 aromatic carbocycles. The predicted molar refractivity (Wildman–Crippen MR) is 69.5 cm³/mol. The van der Waals surface area contributed by atoms with Gasteiger partial charge >= 0.3 is 0 Å². The Morgan fingerprint density at radius 2 is 2.33 bits per heavy atom. The zero-order valence-electron chi connectivity index (χ0n) is 10.3. The van der Waals surface area contributed by atoms with Gasteiger partial charge in [0.05, 0.1) is 23.4 Å². The second-order valence-electron chi connectivity index (χ2n) is 4.54. The van der Waals surface area contributed by atoms with Crippen LogP contribution in [0.2, 0.25) is 0 Å². The molecule has 0 unspecified atom stereocenters. The van der Waals surface area contributed by atoms with E-state index in [4.69, 9.17) is 0 Å². The highest BCUT2D eigenvalue weighted by atomic mass is 16.2. The zero-order chi connectivity index (χ0) is 12.5. The van der Waals surface area contributed by atoms with Crippen molar-refractivity contribution >= 4 is 16.9 Å². The van der Waals surface area contributed by atoms with Gasteiger partial charge in [-0.25, -0.2) is 4.98 Å². The summed E-state index contributed by atoms with van der Waals surface area (Å²) in [6.07, 6.45) is 1.65. The number of nitrogens with zero attached hydrogens (tertiary/aromatic N) is 2. The van der Waals surface area contributed by atoms with Gasteiger partial charge < -0.3 is 15.2 Å². The average Bonchev–Trinajstić information content (AvgIpc) is 2.79. The van der Waals surface area contributed by atoms with E-state index in [2.05, 4.69) is 15.3 Å². The molecule has 1 aliphatic rings. The van der Waals surface area contributed by atoms with E-state index >= 15 is 0 Å². The molecule has 5 heteroatoms. The third kappa shape index (κ3) is 1.76. The predicted octanol–water partition coefficient (Wildman–Crippen LogP) is 0.997. The highest BCUT2D eigenvalue weighted by molar-refractivity contribution is 5.97. The number of carbonyl (C=O) groups is 1. The molecule has 0 spiro atoms. The van der Waals surface area contributed by atoms with E-state index in [0.29, 0.717) is 6.04 Å². The minimum atomic E-state index is 0.0977. The molecule has 2 heterocycles. The first kappa shape index (κ1) is 11.2. The van der Waals surface area contributed by atoms with E-state index in [1.165, 1.54) is 0 Å². The van der Waals surface area contributed by atoms with Crippen molar-refractivity contribution in [3.8, 4) is 0 Å². The molecule has 1 amide bonds. The van der Waals surface area contributed by atoms with Gasteiger partial charge in [-0.2, -0.15) is 0 Å². The lowest BCUT2D eigenvalue weighted by molar-refractivity contribution is 0.0630. The van der Waals surface area contributed by atoms with Gasteiger partial charge in [-0.1, -0.05) is 0 Å². The first-order valence-electron chi connectivity index (χ1n) is 6.24. The van der Waals surface area contributed by atoms with Gasteiger partial charge in [0.25, 0.3) is 5.91 Å². The fourth-order valence-electron chi connectivity index (χ4n) is 2.30. The van der Waals surface area contributed by atoms with Crippen LogP contribution in [0.4, 0.5) is 0 Å². The van der Waals surface area contributed by atoms with Crippen LogP contribution >= 0.6 is 0 Å². The normalized spacial score (nSPS) is 15.6. The number of likely N-dealkylation sites (N-methyl/N-ethyl adjacent to an activating group) is 1. The number of imidazole rings is 1. The molecule has 5 nitrogen and oxygen atoms in total. The molecule has 1 aromatic heterocycles. The lowest BCUT2D eigenvalue weighted by Crippen LogP contribution is -2.58. The topological polar surface area (TPSA) is 61.0 Å². The number of hydrogen-bond donors (Lipinski definition) is 2. The van der Waals surface area contributed by atoms with Crippen molar-refractivity contribution in [1.29, 1.82) is 0 Å². The van der Waals surface area contributed by atoms with Gasteiger partial charge in [0, 0.05) is 25.2 Å². The standard InChI is InChI=1S/C13H16N4O/c1-2-17(10-6-14-7-10)13(18)9-3-4-11-12(5-9)16-8-15-11/h3-5,8,10,14H,2,6-7H2,1H3,(H,15,16). The maximum Gasteiger partial charge on any atom is 0.254 e. The number of amides is 1. The van der Waals surface area contributed by atoms with Crippen molar-refractivity contribution < 1.29 is 4.79 Å². The van der Waals surface area contributed by atoms with Crippen LogP contribution in [0, 0.1) is 0 Å². The Morgan fingerprint density at radius 1 is 1.50 bits per heavy atom. The van der Waals surface area contributed by atoms with Gasteiger partial charge in [0.2, 0.25) is 0 Å². The monoisotopic (exact) mass is 244 g/mol. The Balaban J connectivity index is 1.89. The molecule has 0 radical (unpaired) electrons. The molecular weight excluding hydrogens is 228 g/mol. The molecule has 1 fully saturated rings. The van der Waals surface area contributed by atoms with Gasteiger partial charge in [-0.3, -0.25) is 4.79 Å². The van der Waals surface area contributed by atoms with Crippen molar-refractivity contribution in [2.24, 2.45) is 0 Å². The highest BCUT2D eigenvalue weighted by Gasteiger charge is 2.27. The van der Waals surface area contributed by atoms with Crippen LogP contribution in [-0.4, -0.2) is 46.5 Å². The van der Waals surface area contributed by atoms with Crippen LogP contribution in [0.1, 0.15) is 17.3 Å². The van der Waals surface area contributed by atoms with Crippen LogP contribution in [-0.2, 0) is 0 Å². The van der Waals surface area contributed by atoms with Crippen molar-refractivity contribution in [2.75, 3.05) is 19.6 Å². The second-order valence-corrected chi connectivity index (χ2v) is 4.54. The fourth-order valence-corrected chi connectivity index (χ4v) is 2.30. The average molecular weight is 244 g/mol. The number of H-pyrrole nitrogens is 1. The maximum atomic E-state index is 12.4. The number of aromatic amines is 1. The number of hydrogen-bond acceptors (Lipinski definition) is 3. The number of fused-ring (bicyclic) bond motifs is 1. The number of nitrogens with one attached hydrogen (secondary N) is 2. The molecular formula is C13H16N4O. The minimum Gasteiger partial charge on any atom is -0.345 e. The smallest absolute Gasteiger partial charge is 0.254 e. The lowest BCUT2D eigenvalue weighted by atomic mass is 10.1. The molecule has 2 aromatic rings. The molecule has 0 atom stereocenters. The highest BCUT2D eigenvalue weighted by Crippen LogP contribution is 2.15. The third-order valence-electron chi connectivity index (χ3n) is 3.47. The summed E-state index contributed by atoms with van der Waals surface area (Å²) in [5.74, 6) is 0.0977. The Bertz CT molecular complexity index is 573. The summed E-state index contributed by atoms with van der Waals surface area (Å²) in [5, 5.41) is 3.20. The second kappa shape index (κ2) is 4.42. The summed E-state index contributed by atoms with van der Waals surface area (Å²) in [5.41, 5.74) is 2.52. The number of carbonyl (C=O) groups excluding carboxylic acids is 1. The SMILES string of the molecule is CCN(C(=O)c1ccc2nc[nH]c2c1)C1CNC1. The van der Waals surface area contributed by atoms with E-state index in [0.717, 1.165) is 36.2 Å². The molecule has 1 saturated heterocycles. The quantitative estimate of drug-likeness (QED) is 0.846. The number of rotatable bonds is 3. The number of aromatic nitrogens is 2. The van der Waals surface area contributed by atoms with Crippen molar-refractivity contribution in [1.82, 2.24) is 20.2 Å². The summed E-state index contributed by atoms with van der Waals surface area (Å²) in [4.78, 5) is 21.6. The lowest BCUT2D eigenvalue weighted by Gasteiger charge is -2.37. The largest absolute Gasteiger partial charge is 0.345 e. The molecule has 1 aliphatic heterocycles. The molecule has 0 saturated carbocycles. The fraction of sp³-hybridized carbons (Fsp3) is 0.385. The van der Waals surface area contributed by atoms with Crippen molar-refractivity contribution in [2.45, 2.75) is 13.0 Å². The van der Waals surface area contributed by atoms with E-state index in [1.807, 2.05) is 30.0 Å². The molecule has 94 valence electrons. The molecule has 18 heavy (non-hydrogen) atoms. The summed E-state index contributed by atoms with van der Waals surface area (Å²) in [6.45, 7) is 4.55. The van der Waals surface area contributed by atoms with E-state index in [1.54, 1.807) is 6.33 Å². The molecule has 0 aliphatic carbocycles. The van der Waals surface area contributed by atoms with Crippen LogP contribution < -0.4 is 5.32 Å². The van der Waals surface area contributed by atoms with Crippen LogP contribution in [0.15, 0.2) is 24.5 Å². The third-order valence-corrected chi connectivity index (χ3v) is 3.47. The molecule has 3 rings (SSSR count). The Hall–Kier alpha value is -1.88. The van der Waals surface area contributed by atoms with Crippen LogP contribution in [0.3, 0.4) is 0 Å². The Kier molecular flexibility index (Phi) is 2.76. The van der Waals surface area contributed by atoms with Gasteiger partial charge in [-0.15, -0.1) is 0 Å². The van der Waals surface area contributed by atoms with Crippen molar-refractivity contribution in [3.63, 3.8) is 0 Å². The van der Waals surface area contributed by atoms with E-state index < -0.39 is 0 Å². The van der Waals surface area contributed by atoms with E-state index in [9.17, 15) is 4.79 Å². The van der Waals surface area contributed by atoms with Gasteiger partial charge in [-0.05, 0) is 25.1 Å². The molecule has 0 bridgehead atoms. The number of benzene rings is 1. The van der Waals surface area contributed by atoms with Gasteiger partial charge in [0.1, 0.15) is 0 Å². The summed E-state index contributed by atoms with van der Waals surface area (Å²) < 4.78 is 0. The first-order valence-corrected chi connectivity index (χ1v) is 6.24. The summed E-state index contributed by atoms with van der Waals surface area (Å²) in [6, 6.07) is 5.94. The van der Waals surface area contributed by atoms with E-state index in [-0.39, 0.29) is 5.91 Å². The first-order chi connectivity index (χ1) is 8.79.